The lowest BCUT2D eigenvalue weighted by atomic mass is 10.1. The normalized spacial score (nSPS) is 10.8. The van der Waals surface area contributed by atoms with E-state index in [9.17, 15) is 26.7 Å². The van der Waals surface area contributed by atoms with E-state index < -0.39 is 40.6 Å². The van der Waals surface area contributed by atoms with Gasteiger partial charge in [0.05, 0.1) is 6.61 Å². The summed E-state index contributed by atoms with van der Waals surface area (Å²) < 4.78 is 70.3. The Morgan fingerprint density at radius 3 is 2.00 bits per heavy atom. The Morgan fingerprint density at radius 1 is 0.952 bits per heavy atom. The molecule has 0 aliphatic rings. The number of carbonyl (C=O) groups excluding carboxylic acids is 1. The number of alkyl halides is 1. The lowest BCUT2D eigenvalue weighted by molar-refractivity contribution is 0.0933. The van der Waals surface area contributed by atoms with E-state index in [0.717, 1.165) is 0 Å². The Morgan fingerprint density at radius 2 is 1.48 bits per heavy atom. The first-order valence-electron chi connectivity index (χ1n) is 5.85. The molecule has 1 aromatic carbocycles. The van der Waals surface area contributed by atoms with E-state index in [0.29, 0.717) is 18.4 Å². The molecule has 0 aliphatic heterocycles. The van der Waals surface area contributed by atoms with Crippen molar-refractivity contribution in [1.29, 1.82) is 0 Å². The van der Waals surface area contributed by atoms with Crippen LogP contribution in [0, 0.1) is 29.1 Å². The zero-order valence-electron chi connectivity index (χ0n) is 10.6. The van der Waals surface area contributed by atoms with E-state index in [4.69, 9.17) is 4.74 Å². The minimum atomic E-state index is -2.30. The molecule has 1 amide bonds. The molecule has 21 heavy (non-hydrogen) atoms. The van der Waals surface area contributed by atoms with Crippen LogP contribution in [0.15, 0.2) is 0 Å². The quantitative estimate of drug-likeness (QED) is 0.261. The van der Waals surface area contributed by atoms with Gasteiger partial charge in [-0.05, 0) is 6.42 Å². The molecule has 0 fully saturated rings. The van der Waals surface area contributed by atoms with Crippen molar-refractivity contribution in [3.63, 3.8) is 0 Å². The van der Waals surface area contributed by atoms with Gasteiger partial charge in [-0.2, -0.15) is 0 Å². The fourth-order valence-electron chi connectivity index (χ4n) is 1.43. The summed E-state index contributed by atoms with van der Waals surface area (Å²) in [6, 6.07) is 0. The van der Waals surface area contributed by atoms with Gasteiger partial charge in [0.25, 0.3) is 5.91 Å². The van der Waals surface area contributed by atoms with Gasteiger partial charge in [0, 0.05) is 18.5 Å². The largest absolute Gasteiger partial charge is 0.381 e. The van der Waals surface area contributed by atoms with E-state index in [1.807, 2.05) is 0 Å². The summed E-state index contributed by atoms with van der Waals surface area (Å²) in [6.45, 7) is 0.704. The first kappa shape index (κ1) is 17.8. The highest BCUT2D eigenvalue weighted by Gasteiger charge is 2.29. The second-order valence-corrected chi connectivity index (χ2v) is 4.65. The van der Waals surface area contributed by atoms with Crippen LogP contribution < -0.4 is 5.32 Å². The van der Waals surface area contributed by atoms with Gasteiger partial charge in [-0.15, -0.1) is 0 Å². The van der Waals surface area contributed by atoms with Crippen molar-refractivity contribution in [2.45, 2.75) is 6.42 Å². The number of amides is 1. The Balaban J connectivity index is 2.71. The van der Waals surface area contributed by atoms with Gasteiger partial charge in [-0.3, -0.25) is 4.79 Å². The fraction of sp³-hybridized carbons (Fsp3) is 0.417. The topological polar surface area (TPSA) is 38.3 Å². The van der Waals surface area contributed by atoms with Crippen molar-refractivity contribution in [3.8, 4) is 0 Å². The van der Waals surface area contributed by atoms with Crippen LogP contribution in [0.3, 0.4) is 0 Å². The Labute approximate surface area is 125 Å². The van der Waals surface area contributed by atoms with Crippen molar-refractivity contribution >= 4 is 21.8 Å². The zero-order valence-corrected chi connectivity index (χ0v) is 12.2. The van der Waals surface area contributed by atoms with E-state index >= 15 is 0 Å². The number of ether oxygens (including phenoxy) is 1. The maximum absolute atomic E-state index is 13.3. The van der Waals surface area contributed by atoms with Gasteiger partial charge < -0.3 is 10.1 Å². The van der Waals surface area contributed by atoms with E-state index in [1.54, 1.807) is 0 Å². The maximum Gasteiger partial charge on any atom is 0.257 e. The first-order chi connectivity index (χ1) is 9.91. The van der Waals surface area contributed by atoms with Crippen molar-refractivity contribution in [3.05, 3.63) is 34.6 Å². The van der Waals surface area contributed by atoms with Gasteiger partial charge in [0.2, 0.25) is 5.82 Å². The van der Waals surface area contributed by atoms with Gasteiger partial charge in [-0.25, -0.2) is 22.0 Å². The van der Waals surface area contributed by atoms with Crippen molar-refractivity contribution < 1.29 is 31.5 Å². The zero-order chi connectivity index (χ0) is 16.0. The molecule has 3 nitrogen and oxygen atoms in total. The predicted octanol–water partition coefficient (Wildman–Crippen LogP) is 2.91. The van der Waals surface area contributed by atoms with Crippen LogP contribution >= 0.6 is 15.9 Å². The molecule has 0 heterocycles. The molecule has 0 unspecified atom stereocenters. The molecule has 0 saturated carbocycles. The monoisotopic (exact) mass is 375 g/mol. The van der Waals surface area contributed by atoms with Crippen molar-refractivity contribution in [2.75, 3.05) is 25.1 Å². The predicted molar refractivity (Wildman–Crippen MR) is 67.8 cm³/mol. The molecule has 0 atom stereocenters. The molecule has 0 radical (unpaired) electrons. The summed E-state index contributed by atoms with van der Waals surface area (Å²) in [5.74, 6) is -12.3. The van der Waals surface area contributed by atoms with Crippen LogP contribution in [-0.2, 0) is 4.74 Å². The Hall–Kier alpha value is -1.22. The molecule has 0 spiro atoms. The molecular weight excluding hydrogens is 365 g/mol. The fourth-order valence-corrected chi connectivity index (χ4v) is 1.65. The second kappa shape index (κ2) is 8.28. The molecule has 0 aromatic heterocycles. The third-order valence-corrected chi connectivity index (χ3v) is 2.73. The summed E-state index contributed by atoms with van der Waals surface area (Å²) in [6.07, 6.45) is 0.328. The van der Waals surface area contributed by atoms with Crippen LogP contribution in [-0.4, -0.2) is 31.0 Å². The molecule has 0 saturated heterocycles. The number of benzene rings is 1. The van der Waals surface area contributed by atoms with E-state index in [2.05, 4.69) is 21.2 Å². The molecule has 1 rings (SSSR count). The third kappa shape index (κ3) is 4.37. The number of nitrogens with one attached hydrogen (secondary N) is 1. The van der Waals surface area contributed by atoms with Gasteiger partial charge >= 0.3 is 0 Å². The smallest absolute Gasteiger partial charge is 0.257 e. The van der Waals surface area contributed by atoms with Crippen LogP contribution in [0.25, 0.3) is 0 Å². The standard InChI is InChI=1S/C12H11BrF5NO2/c13-2-5-21-4-1-3-19-12(20)6-7(14)9(16)11(18)10(17)8(6)15/h1-5H2,(H,19,20). The Bertz CT molecular complexity index is 498. The average molecular weight is 376 g/mol. The summed E-state index contributed by atoms with van der Waals surface area (Å²) >= 11 is 3.13. The average Bonchev–Trinajstić information content (AvgIpc) is 2.47. The molecular formula is C12H11BrF5NO2. The Kier molecular flexibility index (Phi) is 7.03. The van der Waals surface area contributed by atoms with Crippen LogP contribution in [0.2, 0.25) is 0 Å². The highest BCUT2D eigenvalue weighted by Crippen LogP contribution is 2.22. The lowest BCUT2D eigenvalue weighted by Gasteiger charge is -2.09. The van der Waals surface area contributed by atoms with Gasteiger partial charge in [0.1, 0.15) is 5.56 Å². The molecule has 118 valence electrons. The lowest BCUT2D eigenvalue weighted by Crippen LogP contribution is -2.28. The molecule has 9 heteroatoms. The highest BCUT2D eigenvalue weighted by atomic mass is 79.9. The second-order valence-electron chi connectivity index (χ2n) is 3.86. The SMILES string of the molecule is O=C(NCCCOCCBr)c1c(F)c(F)c(F)c(F)c1F. The van der Waals surface area contributed by atoms with E-state index in [-0.39, 0.29) is 13.2 Å². The molecule has 1 N–H and O–H groups in total. The van der Waals surface area contributed by atoms with Crippen LogP contribution in [0.4, 0.5) is 22.0 Å². The number of halogens is 6. The number of hydrogen-bond donors (Lipinski definition) is 1. The minimum absolute atomic E-state index is 0.0272. The van der Waals surface area contributed by atoms with Crippen LogP contribution in [0.5, 0.6) is 0 Å². The molecule has 1 aromatic rings. The van der Waals surface area contributed by atoms with Crippen molar-refractivity contribution in [1.82, 2.24) is 5.32 Å². The summed E-state index contributed by atoms with van der Waals surface area (Å²) in [5, 5.41) is 2.69. The minimum Gasteiger partial charge on any atom is -0.381 e. The molecule has 0 aliphatic carbocycles. The van der Waals surface area contributed by atoms with E-state index in [1.165, 1.54) is 0 Å². The number of carbonyl (C=O) groups is 1. The summed E-state index contributed by atoms with van der Waals surface area (Å²) in [5.41, 5.74) is -1.49. The maximum atomic E-state index is 13.3. The van der Waals surface area contributed by atoms with Gasteiger partial charge in [0.15, 0.2) is 23.3 Å². The number of rotatable bonds is 7. The summed E-state index contributed by atoms with van der Waals surface area (Å²) in [4.78, 5) is 11.5. The molecule has 0 bridgehead atoms. The highest BCUT2D eigenvalue weighted by molar-refractivity contribution is 9.09. The first-order valence-corrected chi connectivity index (χ1v) is 6.97. The van der Waals surface area contributed by atoms with Gasteiger partial charge in [-0.1, -0.05) is 15.9 Å². The number of hydrogen-bond acceptors (Lipinski definition) is 2. The third-order valence-electron chi connectivity index (χ3n) is 2.41. The van der Waals surface area contributed by atoms with Crippen molar-refractivity contribution in [2.24, 2.45) is 0 Å². The summed E-state index contributed by atoms with van der Waals surface area (Å²) in [7, 11) is 0. The van der Waals surface area contributed by atoms with Crippen LogP contribution in [0.1, 0.15) is 16.8 Å².